The number of aliphatic hydroxyl groups excluding tert-OH is 2. The van der Waals surface area contributed by atoms with Crippen molar-refractivity contribution in [3.05, 3.63) is 42.2 Å². The van der Waals surface area contributed by atoms with Crippen molar-refractivity contribution in [1.29, 1.82) is 0 Å². The van der Waals surface area contributed by atoms with Crippen LogP contribution in [0, 0.1) is 0 Å². The standard InChI is InChI=1S/C27H45N3O3/c1-4-5-6-7-8-9-10-11-12-15-19-29-26(32)24(21(2)31)30-27(33-3)25-23-17-14-13-16-22(23)18-20-28-25/h13-14,16-18,20-21,24,26-27,29-32H,4-12,15,19H2,1-3H3. The average Bonchev–Trinajstić information content (AvgIpc) is 2.82. The van der Waals surface area contributed by atoms with E-state index in [-0.39, 0.29) is 0 Å². The molecule has 33 heavy (non-hydrogen) atoms. The lowest BCUT2D eigenvalue weighted by molar-refractivity contribution is -0.0194. The summed E-state index contributed by atoms with van der Waals surface area (Å²) in [5, 5.41) is 29.5. The molecule has 2 rings (SSSR count). The third-order valence-corrected chi connectivity index (χ3v) is 6.28. The molecule has 1 heterocycles. The van der Waals surface area contributed by atoms with Gasteiger partial charge in [0.1, 0.15) is 6.23 Å². The Labute approximate surface area is 200 Å². The highest BCUT2D eigenvalue weighted by atomic mass is 16.5. The fourth-order valence-electron chi connectivity index (χ4n) is 4.27. The summed E-state index contributed by atoms with van der Waals surface area (Å²) in [6, 6.07) is 9.35. The number of rotatable bonds is 18. The first-order chi connectivity index (χ1) is 16.1. The van der Waals surface area contributed by atoms with Crippen LogP contribution in [0.4, 0.5) is 0 Å². The Morgan fingerprint density at radius 1 is 0.909 bits per heavy atom. The summed E-state index contributed by atoms with van der Waals surface area (Å²) >= 11 is 0. The zero-order valence-electron chi connectivity index (χ0n) is 20.8. The molecular weight excluding hydrogens is 414 g/mol. The van der Waals surface area contributed by atoms with Crippen molar-refractivity contribution >= 4 is 10.8 Å². The van der Waals surface area contributed by atoms with Crippen molar-refractivity contribution in [2.24, 2.45) is 0 Å². The number of methoxy groups -OCH3 is 1. The minimum absolute atomic E-state index is 0.551. The lowest BCUT2D eigenvalue weighted by Crippen LogP contribution is -2.54. The van der Waals surface area contributed by atoms with Crippen LogP contribution in [0.2, 0.25) is 0 Å². The summed E-state index contributed by atoms with van der Waals surface area (Å²) in [7, 11) is 1.60. The number of nitrogens with one attached hydrogen (secondary N) is 2. The molecule has 0 saturated carbocycles. The Morgan fingerprint density at radius 2 is 1.55 bits per heavy atom. The predicted octanol–water partition coefficient (Wildman–Crippen LogP) is 5.05. The zero-order chi connectivity index (χ0) is 23.9. The number of ether oxygens (including phenoxy) is 1. The van der Waals surface area contributed by atoms with Crippen LogP contribution in [0.3, 0.4) is 0 Å². The Morgan fingerprint density at radius 3 is 2.18 bits per heavy atom. The molecule has 0 aliphatic heterocycles. The van der Waals surface area contributed by atoms with Crippen molar-refractivity contribution < 1.29 is 14.9 Å². The number of pyridine rings is 1. The normalized spacial score (nSPS) is 15.4. The largest absolute Gasteiger partial charge is 0.392 e. The minimum atomic E-state index is -0.892. The molecule has 0 bridgehead atoms. The number of benzene rings is 1. The van der Waals surface area contributed by atoms with Gasteiger partial charge in [0.15, 0.2) is 6.23 Å². The van der Waals surface area contributed by atoms with Gasteiger partial charge in [0.05, 0.1) is 17.8 Å². The fourth-order valence-corrected chi connectivity index (χ4v) is 4.27. The molecule has 2 aromatic rings. The Kier molecular flexibility index (Phi) is 13.5. The molecule has 0 aliphatic carbocycles. The molecular formula is C27H45N3O3. The van der Waals surface area contributed by atoms with Crippen LogP contribution in [-0.4, -0.2) is 47.2 Å². The van der Waals surface area contributed by atoms with Crippen LogP contribution in [0.25, 0.3) is 10.8 Å². The second kappa shape index (κ2) is 16.1. The van der Waals surface area contributed by atoms with Gasteiger partial charge in [-0.1, -0.05) is 89.0 Å². The lowest BCUT2D eigenvalue weighted by Gasteiger charge is -2.31. The van der Waals surface area contributed by atoms with Crippen LogP contribution in [0.1, 0.15) is 90.0 Å². The molecule has 0 fully saturated rings. The quantitative estimate of drug-likeness (QED) is 0.184. The SMILES string of the molecule is CCCCCCCCCCCCNC(O)C(NC(OC)c1nccc2ccccc12)C(C)O. The smallest absolute Gasteiger partial charge is 0.151 e. The predicted molar refractivity (Wildman–Crippen MR) is 136 cm³/mol. The van der Waals surface area contributed by atoms with E-state index in [1.54, 1.807) is 20.2 Å². The van der Waals surface area contributed by atoms with Crippen molar-refractivity contribution in [3.8, 4) is 0 Å². The first-order valence-corrected chi connectivity index (χ1v) is 12.8. The maximum atomic E-state index is 10.7. The van der Waals surface area contributed by atoms with E-state index in [2.05, 4.69) is 22.5 Å². The third-order valence-electron chi connectivity index (χ3n) is 6.28. The van der Waals surface area contributed by atoms with Gasteiger partial charge in [0.25, 0.3) is 0 Å². The van der Waals surface area contributed by atoms with Crippen molar-refractivity contribution in [3.63, 3.8) is 0 Å². The first kappa shape index (κ1) is 27.7. The maximum absolute atomic E-state index is 10.7. The van der Waals surface area contributed by atoms with Gasteiger partial charge < -0.3 is 14.9 Å². The number of unbranched alkanes of at least 4 members (excludes halogenated alkanes) is 9. The van der Waals surface area contributed by atoms with E-state index in [1.165, 1.54) is 51.4 Å². The number of hydrogen-bond donors (Lipinski definition) is 4. The molecule has 4 atom stereocenters. The molecule has 0 aliphatic rings. The van der Waals surface area contributed by atoms with Gasteiger partial charge in [-0.2, -0.15) is 0 Å². The van der Waals surface area contributed by atoms with Gasteiger partial charge in [-0.15, -0.1) is 0 Å². The number of fused-ring (bicyclic) bond motifs is 1. The van der Waals surface area contributed by atoms with Crippen LogP contribution < -0.4 is 10.6 Å². The highest BCUT2D eigenvalue weighted by molar-refractivity contribution is 5.84. The van der Waals surface area contributed by atoms with E-state index in [1.807, 2.05) is 30.3 Å². The second-order valence-corrected chi connectivity index (χ2v) is 9.05. The van der Waals surface area contributed by atoms with Gasteiger partial charge >= 0.3 is 0 Å². The molecule has 0 spiro atoms. The minimum Gasteiger partial charge on any atom is -0.392 e. The summed E-state index contributed by atoms with van der Waals surface area (Å²) in [5.74, 6) is 0. The van der Waals surface area contributed by atoms with E-state index in [4.69, 9.17) is 4.74 Å². The highest BCUT2D eigenvalue weighted by Gasteiger charge is 2.28. The van der Waals surface area contributed by atoms with Crippen LogP contribution in [0.15, 0.2) is 36.5 Å². The molecule has 0 saturated heterocycles. The molecule has 6 nitrogen and oxygen atoms in total. The Bertz CT molecular complexity index is 766. The molecule has 186 valence electrons. The summed E-state index contributed by atoms with van der Waals surface area (Å²) < 4.78 is 5.66. The molecule has 4 N–H and O–H groups in total. The van der Waals surface area contributed by atoms with E-state index >= 15 is 0 Å². The van der Waals surface area contributed by atoms with Crippen LogP contribution in [0.5, 0.6) is 0 Å². The summed E-state index contributed by atoms with van der Waals surface area (Å²) in [5.41, 5.74) is 0.739. The van der Waals surface area contributed by atoms with Gasteiger partial charge in [-0.05, 0) is 31.3 Å². The van der Waals surface area contributed by atoms with Gasteiger partial charge in [0, 0.05) is 18.7 Å². The van der Waals surface area contributed by atoms with Crippen LogP contribution >= 0.6 is 0 Å². The molecule has 1 aromatic carbocycles. The summed E-state index contributed by atoms with van der Waals surface area (Å²) in [6.45, 7) is 4.64. The van der Waals surface area contributed by atoms with E-state index in [9.17, 15) is 10.2 Å². The van der Waals surface area contributed by atoms with Gasteiger partial charge in [-0.3, -0.25) is 15.6 Å². The average molecular weight is 460 g/mol. The van der Waals surface area contributed by atoms with E-state index in [0.29, 0.717) is 6.54 Å². The van der Waals surface area contributed by atoms with Crippen molar-refractivity contribution in [2.45, 2.75) is 103 Å². The fraction of sp³-hybridized carbons (Fsp3) is 0.667. The third kappa shape index (κ3) is 9.67. The molecule has 0 amide bonds. The number of aromatic nitrogens is 1. The van der Waals surface area contributed by atoms with Gasteiger partial charge in [0.2, 0.25) is 0 Å². The zero-order valence-corrected chi connectivity index (χ0v) is 20.8. The molecule has 1 aromatic heterocycles. The molecule has 6 heteroatoms. The number of aliphatic hydroxyl groups is 2. The van der Waals surface area contributed by atoms with E-state index in [0.717, 1.165) is 29.3 Å². The molecule has 4 unspecified atom stereocenters. The first-order valence-electron chi connectivity index (χ1n) is 12.8. The monoisotopic (exact) mass is 459 g/mol. The maximum Gasteiger partial charge on any atom is 0.151 e. The summed E-state index contributed by atoms with van der Waals surface area (Å²) in [6.07, 6.45) is 12.3. The lowest BCUT2D eigenvalue weighted by atomic mass is 10.1. The number of nitrogens with zero attached hydrogens (tertiary/aromatic N) is 1. The second-order valence-electron chi connectivity index (χ2n) is 9.05. The topological polar surface area (TPSA) is 86.6 Å². The Balaban J connectivity index is 1.77. The highest BCUT2D eigenvalue weighted by Crippen LogP contribution is 2.23. The van der Waals surface area contributed by atoms with Crippen molar-refractivity contribution in [1.82, 2.24) is 15.6 Å². The van der Waals surface area contributed by atoms with Crippen molar-refractivity contribution in [2.75, 3.05) is 13.7 Å². The Hall–Kier alpha value is -1.57. The van der Waals surface area contributed by atoms with Gasteiger partial charge in [-0.25, -0.2) is 0 Å². The van der Waals surface area contributed by atoms with E-state index < -0.39 is 24.6 Å². The summed E-state index contributed by atoms with van der Waals surface area (Å²) in [4.78, 5) is 4.51. The van der Waals surface area contributed by atoms with Crippen LogP contribution in [-0.2, 0) is 4.74 Å². The molecule has 0 radical (unpaired) electrons. The number of hydrogen-bond acceptors (Lipinski definition) is 6.